The molecule has 1 aromatic carbocycles. The van der Waals surface area contributed by atoms with Crippen LogP contribution < -0.4 is 0 Å². The quantitative estimate of drug-likeness (QED) is 0.405. The summed E-state index contributed by atoms with van der Waals surface area (Å²) < 4.78 is 43.8. The van der Waals surface area contributed by atoms with E-state index in [0.29, 0.717) is 31.8 Å². The van der Waals surface area contributed by atoms with Gasteiger partial charge in [-0.2, -0.15) is 0 Å². The Morgan fingerprint density at radius 1 is 0.870 bits per heavy atom. The van der Waals surface area contributed by atoms with Crippen molar-refractivity contribution < 1.29 is 22.1 Å². The molecule has 0 heterocycles. The van der Waals surface area contributed by atoms with E-state index in [9.17, 15) is 8.78 Å². The number of rotatable bonds is 12. The molecule has 0 aromatic heterocycles. The maximum atomic E-state index is 13.6. The van der Waals surface area contributed by atoms with Gasteiger partial charge in [-0.15, -0.1) is 0 Å². The molecule has 0 N–H and O–H groups in total. The summed E-state index contributed by atoms with van der Waals surface area (Å²) in [5.74, 6) is -1.00. The van der Waals surface area contributed by atoms with E-state index < -0.39 is 20.4 Å². The average molecular weight is 346 g/mol. The third-order valence-corrected chi connectivity index (χ3v) is 6.69. The number of aryl methyl sites for hydroxylation is 1. The van der Waals surface area contributed by atoms with Gasteiger partial charge in [0.15, 0.2) is 0 Å². The molecular weight excluding hydrogens is 318 g/mol. The van der Waals surface area contributed by atoms with Crippen molar-refractivity contribution >= 4 is 8.80 Å². The lowest BCUT2D eigenvalue weighted by atomic mass is 10.1. The van der Waals surface area contributed by atoms with Crippen molar-refractivity contribution in [2.45, 2.75) is 52.5 Å². The van der Waals surface area contributed by atoms with Gasteiger partial charge < -0.3 is 13.3 Å². The maximum absolute atomic E-state index is 13.6. The fraction of sp³-hybridized carbons (Fsp3) is 0.647. The van der Waals surface area contributed by atoms with E-state index in [4.69, 9.17) is 13.3 Å². The van der Waals surface area contributed by atoms with Crippen LogP contribution >= 0.6 is 0 Å². The van der Waals surface area contributed by atoms with E-state index in [1.54, 1.807) is 0 Å². The fourth-order valence-corrected chi connectivity index (χ4v) is 5.24. The van der Waals surface area contributed by atoms with Crippen molar-refractivity contribution in [3.63, 3.8) is 0 Å². The molecule has 1 rings (SSSR count). The maximum Gasteiger partial charge on any atom is 0.500 e. The van der Waals surface area contributed by atoms with Gasteiger partial charge in [0.05, 0.1) is 0 Å². The van der Waals surface area contributed by atoms with E-state index in [-0.39, 0.29) is 0 Å². The summed E-state index contributed by atoms with van der Waals surface area (Å²) in [6.45, 7) is 7.55. The first kappa shape index (κ1) is 20.2. The Morgan fingerprint density at radius 3 is 2.00 bits per heavy atom. The van der Waals surface area contributed by atoms with Crippen LogP contribution in [0.25, 0.3) is 0 Å². The Bertz CT molecular complexity index is 440. The van der Waals surface area contributed by atoms with Gasteiger partial charge in [-0.1, -0.05) is 12.5 Å². The second kappa shape index (κ2) is 10.9. The zero-order chi connectivity index (χ0) is 17.1. The van der Waals surface area contributed by atoms with Crippen LogP contribution in [0.5, 0.6) is 0 Å². The predicted molar refractivity (Wildman–Crippen MR) is 89.4 cm³/mol. The van der Waals surface area contributed by atoms with Gasteiger partial charge in [-0.3, -0.25) is 0 Å². The number of halogens is 2. The summed E-state index contributed by atoms with van der Waals surface area (Å²) >= 11 is 0. The number of benzene rings is 1. The first-order valence-electron chi connectivity index (χ1n) is 8.42. The number of hydrogen-bond donors (Lipinski definition) is 0. The van der Waals surface area contributed by atoms with Crippen LogP contribution in [0.1, 0.15) is 45.6 Å². The van der Waals surface area contributed by atoms with Crippen LogP contribution in [-0.2, 0) is 19.7 Å². The molecule has 0 radical (unpaired) electrons. The lowest BCUT2D eigenvalue weighted by molar-refractivity contribution is 0.0706. The lowest BCUT2D eigenvalue weighted by Gasteiger charge is -2.28. The van der Waals surface area contributed by atoms with Crippen molar-refractivity contribution in [3.05, 3.63) is 35.4 Å². The molecule has 0 unspecified atom stereocenters. The molecule has 0 fully saturated rings. The van der Waals surface area contributed by atoms with Crippen LogP contribution in [0.3, 0.4) is 0 Å². The van der Waals surface area contributed by atoms with Gasteiger partial charge >= 0.3 is 8.80 Å². The molecule has 0 saturated heterocycles. The molecule has 3 nitrogen and oxygen atoms in total. The highest BCUT2D eigenvalue weighted by molar-refractivity contribution is 6.60. The summed E-state index contributed by atoms with van der Waals surface area (Å²) in [6, 6.07) is 4.53. The Kier molecular flexibility index (Phi) is 9.55. The third kappa shape index (κ3) is 7.08. The van der Waals surface area contributed by atoms with Gasteiger partial charge in [0.2, 0.25) is 0 Å². The van der Waals surface area contributed by atoms with E-state index in [1.807, 2.05) is 20.8 Å². The minimum absolute atomic E-state index is 0.466. The Hall–Kier alpha value is -0.823. The van der Waals surface area contributed by atoms with Crippen molar-refractivity contribution in [1.29, 1.82) is 0 Å². The van der Waals surface area contributed by atoms with E-state index in [2.05, 4.69) is 0 Å². The molecule has 0 atom stereocenters. The zero-order valence-corrected chi connectivity index (χ0v) is 15.4. The van der Waals surface area contributed by atoms with Gasteiger partial charge in [0, 0.05) is 31.9 Å². The first-order valence-corrected chi connectivity index (χ1v) is 10.4. The number of hydrogen-bond acceptors (Lipinski definition) is 3. The molecule has 6 heteroatoms. The van der Waals surface area contributed by atoms with Crippen LogP contribution in [0.2, 0.25) is 6.04 Å². The molecule has 0 bridgehead atoms. The molecule has 0 aliphatic rings. The Balaban J connectivity index is 2.40. The average Bonchev–Trinajstić information content (AvgIpc) is 2.50. The lowest BCUT2D eigenvalue weighted by Crippen LogP contribution is -2.45. The molecule has 0 aliphatic carbocycles. The van der Waals surface area contributed by atoms with Crippen molar-refractivity contribution in [1.82, 2.24) is 0 Å². The minimum atomic E-state index is -2.57. The topological polar surface area (TPSA) is 27.7 Å². The molecule has 0 aliphatic heterocycles. The van der Waals surface area contributed by atoms with Crippen molar-refractivity contribution in [2.75, 3.05) is 19.8 Å². The smallest absolute Gasteiger partial charge is 0.374 e. The Morgan fingerprint density at radius 2 is 1.48 bits per heavy atom. The normalized spacial score (nSPS) is 11.9. The molecule has 0 saturated carbocycles. The van der Waals surface area contributed by atoms with Gasteiger partial charge in [0.1, 0.15) is 11.6 Å². The molecule has 0 spiro atoms. The highest BCUT2D eigenvalue weighted by Gasteiger charge is 2.39. The SMILES string of the molecule is CCO[Si](CCCCCc1ccc(F)cc1F)(OCC)OCC. The largest absolute Gasteiger partial charge is 0.500 e. The van der Waals surface area contributed by atoms with Crippen molar-refractivity contribution in [3.8, 4) is 0 Å². The summed E-state index contributed by atoms with van der Waals surface area (Å²) in [4.78, 5) is 0. The standard InChI is InChI=1S/C17H28F2O3Si/c1-4-20-23(21-5-2,22-6-3)13-9-7-8-10-15-11-12-16(18)14-17(15)19/h11-12,14H,4-10,13H2,1-3H3. The van der Waals surface area contributed by atoms with E-state index >= 15 is 0 Å². The Labute approximate surface area is 139 Å². The number of unbranched alkanes of at least 4 members (excludes halogenated alkanes) is 2. The second-order valence-corrected chi connectivity index (χ2v) is 8.01. The third-order valence-electron chi connectivity index (χ3n) is 3.54. The summed E-state index contributed by atoms with van der Waals surface area (Å²) in [7, 11) is -2.57. The molecular formula is C17H28F2O3Si. The minimum Gasteiger partial charge on any atom is -0.374 e. The zero-order valence-electron chi connectivity index (χ0n) is 14.4. The van der Waals surface area contributed by atoms with E-state index in [1.165, 1.54) is 12.1 Å². The first-order chi connectivity index (χ1) is 11.1. The van der Waals surface area contributed by atoms with Gasteiger partial charge in [0.25, 0.3) is 0 Å². The van der Waals surface area contributed by atoms with E-state index in [0.717, 1.165) is 31.4 Å². The van der Waals surface area contributed by atoms with Crippen LogP contribution in [-0.4, -0.2) is 28.6 Å². The molecule has 132 valence electrons. The molecule has 1 aromatic rings. The monoisotopic (exact) mass is 346 g/mol. The van der Waals surface area contributed by atoms with Gasteiger partial charge in [-0.25, -0.2) is 8.78 Å². The van der Waals surface area contributed by atoms with Gasteiger partial charge in [-0.05, 0) is 51.7 Å². The highest BCUT2D eigenvalue weighted by Crippen LogP contribution is 2.21. The molecule has 0 amide bonds. The van der Waals surface area contributed by atoms with Crippen molar-refractivity contribution in [2.24, 2.45) is 0 Å². The van der Waals surface area contributed by atoms with Crippen LogP contribution in [0.4, 0.5) is 8.78 Å². The molecule has 23 heavy (non-hydrogen) atoms. The van der Waals surface area contributed by atoms with Crippen LogP contribution in [0.15, 0.2) is 18.2 Å². The second-order valence-electron chi connectivity index (χ2n) is 5.28. The highest BCUT2D eigenvalue weighted by atomic mass is 28.4. The predicted octanol–water partition coefficient (Wildman–Crippen LogP) is 4.73. The van der Waals surface area contributed by atoms with Crippen LogP contribution in [0, 0.1) is 11.6 Å². The summed E-state index contributed by atoms with van der Waals surface area (Å²) in [6.07, 6.45) is 3.30. The summed E-state index contributed by atoms with van der Waals surface area (Å²) in [5.41, 5.74) is 0.564. The summed E-state index contributed by atoms with van der Waals surface area (Å²) in [5, 5.41) is 0. The fourth-order valence-electron chi connectivity index (χ4n) is 2.56.